The molecule has 0 bridgehead atoms. The molecule has 0 aliphatic carbocycles. The fourth-order valence-electron chi connectivity index (χ4n) is 3.17. The number of rotatable bonds is 1. The maximum atomic E-state index is 14.2. The zero-order valence-corrected chi connectivity index (χ0v) is 14.1. The van der Waals surface area contributed by atoms with Crippen LogP contribution in [0, 0.1) is 11.6 Å². The lowest BCUT2D eigenvalue weighted by Gasteiger charge is -2.39. The maximum absolute atomic E-state index is 14.2. The number of carbonyl (C=O) groups excluding carboxylic acids is 1. The summed E-state index contributed by atoms with van der Waals surface area (Å²) in [7, 11) is 0. The summed E-state index contributed by atoms with van der Waals surface area (Å²) >= 11 is 1.26. The van der Waals surface area contributed by atoms with Gasteiger partial charge in [-0.3, -0.25) is 4.79 Å². The normalized spacial score (nSPS) is 21.7. The largest absolute Gasteiger partial charge is 0.493 e. The van der Waals surface area contributed by atoms with Crippen LogP contribution in [0.2, 0.25) is 0 Å². The van der Waals surface area contributed by atoms with Crippen molar-refractivity contribution < 1.29 is 18.3 Å². The first-order valence-corrected chi connectivity index (χ1v) is 8.59. The van der Waals surface area contributed by atoms with Crippen LogP contribution >= 0.6 is 11.8 Å². The van der Waals surface area contributed by atoms with Crippen LogP contribution in [-0.2, 0) is 9.67 Å². The van der Waals surface area contributed by atoms with Gasteiger partial charge in [-0.1, -0.05) is 30.0 Å². The summed E-state index contributed by atoms with van der Waals surface area (Å²) in [6.45, 7) is 1.82. The van der Waals surface area contributed by atoms with Crippen LogP contribution in [-0.4, -0.2) is 22.6 Å². The van der Waals surface area contributed by atoms with Crippen LogP contribution in [0.1, 0.15) is 24.5 Å². The Hall–Kier alpha value is -2.41. The van der Waals surface area contributed by atoms with Gasteiger partial charge in [0.2, 0.25) is 5.91 Å². The quantitative estimate of drug-likeness (QED) is 0.776. The van der Waals surface area contributed by atoms with Crippen LogP contribution in [0.3, 0.4) is 0 Å². The maximum Gasteiger partial charge on any atom is 0.241 e. The highest BCUT2D eigenvalue weighted by Gasteiger charge is 2.51. The molecule has 1 amide bonds. The molecule has 1 spiro atoms. The Morgan fingerprint density at radius 1 is 1.28 bits per heavy atom. The first-order chi connectivity index (χ1) is 12.0. The number of benzene rings is 2. The Morgan fingerprint density at radius 2 is 2.08 bits per heavy atom. The average Bonchev–Trinajstić information content (AvgIpc) is 2.98. The van der Waals surface area contributed by atoms with Crippen LogP contribution in [0.4, 0.5) is 8.78 Å². The Morgan fingerprint density at radius 3 is 2.88 bits per heavy atom. The Balaban J connectivity index is 1.85. The molecule has 2 heterocycles. The van der Waals surface area contributed by atoms with E-state index in [0.29, 0.717) is 18.8 Å². The van der Waals surface area contributed by atoms with E-state index in [4.69, 9.17) is 4.74 Å². The Bertz CT molecular complexity index is 902. The van der Waals surface area contributed by atoms with Crippen molar-refractivity contribution in [3.05, 3.63) is 65.2 Å². The Kier molecular flexibility index (Phi) is 3.76. The highest BCUT2D eigenvalue weighted by Crippen LogP contribution is 2.54. The highest BCUT2D eigenvalue weighted by molar-refractivity contribution is 8.15. The van der Waals surface area contributed by atoms with E-state index in [2.05, 4.69) is 5.10 Å². The zero-order chi connectivity index (χ0) is 17.6. The van der Waals surface area contributed by atoms with Crippen LogP contribution in [0.5, 0.6) is 5.75 Å². The molecule has 4 rings (SSSR count). The van der Waals surface area contributed by atoms with Gasteiger partial charge in [0.25, 0.3) is 0 Å². The third-order valence-corrected chi connectivity index (χ3v) is 5.69. The molecule has 0 aromatic heterocycles. The molecule has 128 valence electrons. The van der Waals surface area contributed by atoms with Crippen molar-refractivity contribution in [3.63, 3.8) is 0 Å². The SMILES string of the molecule is CC(=O)N1N=C(c2cc(F)ccc2F)S[C@]12CCOc1ccccc12. The second kappa shape index (κ2) is 5.84. The molecule has 25 heavy (non-hydrogen) atoms. The van der Waals surface area contributed by atoms with E-state index < -0.39 is 16.5 Å². The number of thioether (sulfide) groups is 1. The standard InChI is InChI=1S/C18H14F2N2O2S/c1-11(23)22-18(8-9-24-16-5-3-2-4-14(16)18)25-17(21-22)13-10-12(19)6-7-15(13)20/h2-7,10H,8-9H2,1H3/t18-/m0/s1. The van der Waals surface area contributed by atoms with Gasteiger partial charge in [0.15, 0.2) is 0 Å². The molecule has 2 aromatic carbocycles. The number of hydrogen-bond acceptors (Lipinski definition) is 4. The van der Waals surface area contributed by atoms with Gasteiger partial charge in [-0.25, -0.2) is 13.8 Å². The van der Waals surface area contributed by atoms with Crippen molar-refractivity contribution >= 4 is 22.7 Å². The molecule has 4 nitrogen and oxygen atoms in total. The minimum absolute atomic E-state index is 0.0529. The van der Waals surface area contributed by atoms with Crippen molar-refractivity contribution in [1.82, 2.24) is 5.01 Å². The van der Waals surface area contributed by atoms with E-state index >= 15 is 0 Å². The van der Waals surface area contributed by atoms with E-state index in [-0.39, 0.29) is 16.5 Å². The molecule has 0 unspecified atom stereocenters. The van der Waals surface area contributed by atoms with Gasteiger partial charge in [-0.05, 0) is 24.3 Å². The van der Waals surface area contributed by atoms with Crippen LogP contribution < -0.4 is 4.74 Å². The van der Waals surface area contributed by atoms with Crippen molar-refractivity contribution in [2.75, 3.05) is 6.61 Å². The third kappa shape index (κ3) is 2.50. The van der Waals surface area contributed by atoms with E-state index in [0.717, 1.165) is 23.8 Å². The highest BCUT2D eigenvalue weighted by atomic mass is 32.2. The first kappa shape index (κ1) is 16.1. The molecule has 0 fully saturated rings. The zero-order valence-electron chi connectivity index (χ0n) is 13.3. The molecular weight excluding hydrogens is 346 g/mol. The van der Waals surface area contributed by atoms with Gasteiger partial charge in [-0.15, -0.1) is 0 Å². The summed E-state index contributed by atoms with van der Waals surface area (Å²) in [4.78, 5) is 11.4. The number of carbonyl (C=O) groups is 1. The lowest BCUT2D eigenvalue weighted by Crippen LogP contribution is -2.43. The molecule has 0 N–H and O–H groups in total. The second-order valence-corrected chi connectivity index (χ2v) is 7.11. The molecule has 1 atom stereocenters. The number of halogens is 2. The van der Waals surface area contributed by atoms with E-state index in [1.165, 1.54) is 23.7 Å². The summed E-state index contributed by atoms with van der Waals surface area (Å²) in [6.07, 6.45) is 0.498. The minimum atomic E-state index is -0.811. The first-order valence-electron chi connectivity index (χ1n) is 7.77. The summed E-state index contributed by atoms with van der Waals surface area (Å²) < 4.78 is 33.5. The van der Waals surface area contributed by atoms with Gasteiger partial charge in [0.1, 0.15) is 27.3 Å². The fraction of sp³-hybridized carbons (Fsp3) is 0.222. The summed E-state index contributed by atoms with van der Waals surface area (Å²) in [5, 5.41) is 5.98. The van der Waals surface area contributed by atoms with Gasteiger partial charge in [-0.2, -0.15) is 5.10 Å². The molecule has 2 aliphatic heterocycles. The predicted molar refractivity (Wildman–Crippen MR) is 91.2 cm³/mol. The van der Waals surface area contributed by atoms with Crippen molar-refractivity contribution in [2.24, 2.45) is 5.10 Å². The van der Waals surface area contributed by atoms with E-state index in [1.54, 1.807) is 0 Å². The summed E-state index contributed by atoms with van der Waals surface area (Å²) in [5.74, 6) is -0.726. The van der Waals surface area contributed by atoms with Gasteiger partial charge in [0.05, 0.1) is 6.61 Å². The van der Waals surface area contributed by atoms with Crippen molar-refractivity contribution in [2.45, 2.75) is 18.2 Å². The Labute approximate surface area is 147 Å². The van der Waals surface area contributed by atoms with Gasteiger partial charge in [0, 0.05) is 24.5 Å². The second-order valence-electron chi connectivity index (χ2n) is 5.84. The number of para-hydroxylation sites is 1. The number of ether oxygens (including phenoxy) is 1. The van der Waals surface area contributed by atoms with Gasteiger partial charge < -0.3 is 4.74 Å². The molecule has 2 aliphatic rings. The van der Waals surface area contributed by atoms with Crippen molar-refractivity contribution in [1.29, 1.82) is 0 Å². The molecule has 0 radical (unpaired) electrons. The third-order valence-electron chi connectivity index (χ3n) is 4.26. The average molecular weight is 360 g/mol. The lowest BCUT2D eigenvalue weighted by molar-refractivity contribution is -0.132. The van der Waals surface area contributed by atoms with Crippen LogP contribution in [0.15, 0.2) is 47.6 Å². The molecule has 7 heteroatoms. The topological polar surface area (TPSA) is 41.9 Å². The molecule has 0 saturated heterocycles. The van der Waals surface area contributed by atoms with E-state index in [9.17, 15) is 13.6 Å². The molecule has 0 saturated carbocycles. The van der Waals surface area contributed by atoms with E-state index in [1.807, 2.05) is 24.3 Å². The summed E-state index contributed by atoms with van der Waals surface area (Å²) in [6, 6.07) is 10.6. The fourth-order valence-corrected chi connectivity index (χ4v) is 4.59. The predicted octanol–water partition coefficient (Wildman–Crippen LogP) is 3.86. The monoisotopic (exact) mass is 360 g/mol. The number of amides is 1. The number of nitrogens with zero attached hydrogens (tertiary/aromatic N) is 2. The lowest BCUT2D eigenvalue weighted by atomic mass is 9.99. The van der Waals surface area contributed by atoms with Gasteiger partial charge >= 0.3 is 0 Å². The van der Waals surface area contributed by atoms with Crippen molar-refractivity contribution in [3.8, 4) is 5.75 Å². The number of hydrogen-bond donors (Lipinski definition) is 0. The number of fused-ring (bicyclic) bond motifs is 2. The number of hydrazone groups is 1. The smallest absolute Gasteiger partial charge is 0.241 e. The summed E-state index contributed by atoms with van der Waals surface area (Å²) in [5.41, 5.74) is 0.856. The van der Waals surface area contributed by atoms with Crippen LogP contribution in [0.25, 0.3) is 0 Å². The molecular formula is C18H14F2N2O2S. The molecule has 2 aromatic rings. The minimum Gasteiger partial charge on any atom is -0.493 e.